The third-order valence-corrected chi connectivity index (χ3v) is 3.23. The molecule has 0 bridgehead atoms. The van der Waals surface area contributed by atoms with Gasteiger partial charge in [-0.15, -0.1) is 0 Å². The van der Waals surface area contributed by atoms with Gasteiger partial charge < -0.3 is 16.0 Å². The number of likely N-dealkylation sites (N-methyl/N-ethyl adjacent to an activating group) is 1. The Labute approximate surface area is 107 Å². The second kappa shape index (κ2) is 5.52. The molecule has 0 heterocycles. The van der Waals surface area contributed by atoms with Gasteiger partial charge in [0.25, 0.3) is 6.43 Å². The van der Waals surface area contributed by atoms with Crippen LogP contribution in [0.2, 0.25) is 0 Å². The molecular weight excluding hydrogens is 236 g/mol. The highest BCUT2D eigenvalue weighted by atomic mass is 19.3. The zero-order chi connectivity index (χ0) is 13.9. The number of benzene rings is 1. The van der Waals surface area contributed by atoms with Crippen molar-refractivity contribution in [2.75, 3.05) is 31.7 Å². The van der Waals surface area contributed by atoms with Gasteiger partial charge in [-0.3, -0.25) is 0 Å². The highest BCUT2D eigenvalue weighted by Gasteiger charge is 2.21. The van der Waals surface area contributed by atoms with Crippen LogP contribution in [0.5, 0.6) is 0 Å². The van der Waals surface area contributed by atoms with Crippen LogP contribution in [0.3, 0.4) is 0 Å². The predicted molar refractivity (Wildman–Crippen MR) is 72.1 cm³/mol. The van der Waals surface area contributed by atoms with Crippen molar-refractivity contribution in [1.29, 1.82) is 0 Å². The summed E-state index contributed by atoms with van der Waals surface area (Å²) in [6.07, 6.45) is -2.53. The molecule has 102 valence electrons. The molecule has 18 heavy (non-hydrogen) atoms. The van der Waals surface area contributed by atoms with Gasteiger partial charge in [-0.05, 0) is 46.1 Å². The fourth-order valence-corrected chi connectivity index (χ4v) is 1.39. The Kier molecular flexibility index (Phi) is 4.51. The highest BCUT2D eigenvalue weighted by Crippen LogP contribution is 2.29. The normalized spacial score (nSPS) is 12.2. The summed E-state index contributed by atoms with van der Waals surface area (Å²) in [6.45, 7) is 4.66. The molecule has 0 aliphatic heterocycles. The average Bonchev–Trinajstić information content (AvgIpc) is 2.27. The maximum atomic E-state index is 12.9. The smallest absolute Gasteiger partial charge is 0.265 e. The van der Waals surface area contributed by atoms with Gasteiger partial charge >= 0.3 is 0 Å². The topological polar surface area (TPSA) is 41.3 Å². The Hall–Kier alpha value is -1.36. The Balaban J connectivity index is 2.85. The molecule has 5 heteroatoms. The Morgan fingerprint density at radius 1 is 1.33 bits per heavy atom. The molecule has 1 aromatic rings. The molecule has 3 nitrogen and oxygen atoms in total. The van der Waals surface area contributed by atoms with Crippen LogP contribution in [-0.2, 0) is 0 Å². The van der Waals surface area contributed by atoms with Crippen molar-refractivity contribution >= 4 is 11.4 Å². The second-order valence-electron chi connectivity index (χ2n) is 5.21. The number of nitrogens with one attached hydrogen (secondary N) is 1. The molecule has 0 amide bonds. The number of anilines is 2. The van der Waals surface area contributed by atoms with Crippen LogP contribution < -0.4 is 11.1 Å². The van der Waals surface area contributed by atoms with E-state index in [4.69, 9.17) is 5.73 Å². The molecule has 3 N–H and O–H groups in total. The van der Waals surface area contributed by atoms with Crippen LogP contribution in [0.4, 0.5) is 20.2 Å². The van der Waals surface area contributed by atoms with Gasteiger partial charge in [-0.2, -0.15) is 0 Å². The van der Waals surface area contributed by atoms with Gasteiger partial charge in [0.05, 0.1) is 0 Å². The van der Waals surface area contributed by atoms with E-state index in [0.29, 0.717) is 17.9 Å². The third-order valence-electron chi connectivity index (χ3n) is 3.23. The molecular formula is C13H21F2N3. The summed E-state index contributed by atoms with van der Waals surface area (Å²) >= 11 is 0. The van der Waals surface area contributed by atoms with Crippen LogP contribution in [0.25, 0.3) is 0 Å². The standard InChI is InChI=1S/C13H21F2N3/c1-13(2,18(3)4)8-17-11-6-5-9(16)7-10(11)12(14)15/h5-7,12,17H,8,16H2,1-4H3. The molecule has 0 spiro atoms. The van der Waals surface area contributed by atoms with Gasteiger partial charge in [0, 0.05) is 29.0 Å². The van der Waals surface area contributed by atoms with Crippen molar-refractivity contribution in [3.05, 3.63) is 23.8 Å². The van der Waals surface area contributed by atoms with Gasteiger partial charge in [0.15, 0.2) is 0 Å². The number of nitrogens with two attached hydrogens (primary N) is 1. The summed E-state index contributed by atoms with van der Waals surface area (Å²) in [5, 5.41) is 3.07. The Morgan fingerprint density at radius 3 is 2.44 bits per heavy atom. The second-order valence-corrected chi connectivity index (χ2v) is 5.21. The van der Waals surface area contributed by atoms with Gasteiger partial charge in [-0.25, -0.2) is 8.78 Å². The van der Waals surface area contributed by atoms with Crippen molar-refractivity contribution in [2.24, 2.45) is 0 Å². The van der Waals surface area contributed by atoms with E-state index in [1.165, 1.54) is 6.07 Å². The van der Waals surface area contributed by atoms with Gasteiger partial charge in [0.1, 0.15) is 0 Å². The quantitative estimate of drug-likeness (QED) is 0.797. The van der Waals surface area contributed by atoms with Gasteiger partial charge in [0.2, 0.25) is 0 Å². The van der Waals surface area contributed by atoms with E-state index in [9.17, 15) is 8.78 Å². The minimum atomic E-state index is -2.53. The molecule has 0 aliphatic rings. The van der Waals surface area contributed by atoms with E-state index in [0.717, 1.165) is 0 Å². The predicted octanol–water partition coefficient (Wildman–Crippen LogP) is 2.96. The summed E-state index contributed by atoms with van der Waals surface area (Å²) in [7, 11) is 3.91. The van der Waals surface area contributed by atoms with Crippen LogP contribution in [0.15, 0.2) is 18.2 Å². The SMILES string of the molecule is CN(C)C(C)(C)CNc1ccc(N)cc1C(F)F. The Morgan fingerprint density at radius 2 is 1.94 bits per heavy atom. The number of nitrogens with zero attached hydrogens (tertiary/aromatic N) is 1. The van der Waals surface area contributed by atoms with Crippen molar-refractivity contribution in [2.45, 2.75) is 25.8 Å². The van der Waals surface area contributed by atoms with E-state index < -0.39 is 6.43 Å². The molecule has 0 aromatic heterocycles. The first-order valence-corrected chi connectivity index (χ1v) is 5.83. The zero-order valence-corrected chi connectivity index (χ0v) is 11.3. The lowest BCUT2D eigenvalue weighted by Crippen LogP contribution is -2.44. The zero-order valence-electron chi connectivity index (χ0n) is 11.3. The summed E-state index contributed by atoms with van der Waals surface area (Å²) in [5.41, 5.74) is 6.14. The van der Waals surface area contributed by atoms with E-state index in [1.807, 2.05) is 32.8 Å². The number of hydrogen-bond acceptors (Lipinski definition) is 3. The molecule has 0 saturated carbocycles. The lowest BCUT2D eigenvalue weighted by Gasteiger charge is -2.33. The van der Waals surface area contributed by atoms with Crippen LogP contribution in [0.1, 0.15) is 25.8 Å². The number of alkyl halides is 2. The van der Waals surface area contributed by atoms with Crippen LogP contribution >= 0.6 is 0 Å². The van der Waals surface area contributed by atoms with E-state index in [1.54, 1.807) is 12.1 Å². The number of nitrogen functional groups attached to an aromatic ring is 1. The summed E-state index contributed by atoms with van der Waals surface area (Å²) < 4.78 is 25.8. The minimum absolute atomic E-state index is 0.0513. The third kappa shape index (κ3) is 3.57. The molecule has 0 fully saturated rings. The van der Waals surface area contributed by atoms with E-state index in [2.05, 4.69) is 5.32 Å². The molecule has 0 radical (unpaired) electrons. The Bertz CT molecular complexity index is 403. The summed E-state index contributed by atoms with van der Waals surface area (Å²) in [5.74, 6) is 0. The molecule has 0 saturated heterocycles. The van der Waals surface area contributed by atoms with Crippen molar-refractivity contribution in [3.8, 4) is 0 Å². The number of rotatable bonds is 5. The fourth-order valence-electron chi connectivity index (χ4n) is 1.39. The molecule has 1 aromatic carbocycles. The van der Waals surface area contributed by atoms with Gasteiger partial charge in [-0.1, -0.05) is 0 Å². The maximum absolute atomic E-state index is 12.9. The van der Waals surface area contributed by atoms with E-state index >= 15 is 0 Å². The molecule has 1 rings (SSSR count). The first-order chi connectivity index (χ1) is 8.24. The largest absolute Gasteiger partial charge is 0.399 e. The first-order valence-electron chi connectivity index (χ1n) is 5.83. The lowest BCUT2D eigenvalue weighted by atomic mass is 10.0. The average molecular weight is 257 g/mol. The van der Waals surface area contributed by atoms with Crippen molar-refractivity contribution < 1.29 is 8.78 Å². The lowest BCUT2D eigenvalue weighted by molar-refractivity contribution is 0.152. The van der Waals surface area contributed by atoms with Crippen molar-refractivity contribution in [3.63, 3.8) is 0 Å². The molecule has 0 aliphatic carbocycles. The summed E-state index contributed by atoms with van der Waals surface area (Å²) in [6, 6.07) is 4.54. The first kappa shape index (κ1) is 14.7. The van der Waals surface area contributed by atoms with Crippen molar-refractivity contribution in [1.82, 2.24) is 4.90 Å². The van der Waals surface area contributed by atoms with E-state index in [-0.39, 0.29) is 11.1 Å². The monoisotopic (exact) mass is 257 g/mol. The van der Waals surface area contributed by atoms with Crippen LogP contribution in [0, 0.1) is 0 Å². The summed E-state index contributed by atoms with van der Waals surface area (Å²) in [4.78, 5) is 2.04. The number of hydrogen-bond donors (Lipinski definition) is 2. The molecule has 0 unspecified atom stereocenters. The maximum Gasteiger partial charge on any atom is 0.265 e. The minimum Gasteiger partial charge on any atom is -0.399 e. The fraction of sp³-hybridized carbons (Fsp3) is 0.538. The molecule has 0 atom stereocenters. The van der Waals surface area contributed by atoms with Crippen LogP contribution in [-0.4, -0.2) is 31.1 Å². The highest BCUT2D eigenvalue weighted by molar-refractivity contribution is 5.58. The number of halogens is 2.